The van der Waals surface area contributed by atoms with Crippen molar-refractivity contribution >= 4 is 23.6 Å². The topological polar surface area (TPSA) is 67.6 Å². The third kappa shape index (κ3) is 5.31. The summed E-state index contributed by atoms with van der Waals surface area (Å²) in [7, 11) is 0. The summed E-state index contributed by atoms with van der Waals surface area (Å²) >= 11 is 1.46. The highest BCUT2D eigenvalue weighted by atomic mass is 32.2. The molecule has 2 amide bonds. The molecule has 2 fully saturated rings. The third-order valence-electron chi connectivity index (χ3n) is 5.69. The van der Waals surface area contributed by atoms with Gasteiger partial charge in [-0.15, -0.1) is 11.8 Å². The Bertz CT molecular complexity index is 762. The van der Waals surface area contributed by atoms with E-state index in [0.29, 0.717) is 37.5 Å². The number of likely N-dealkylation sites (tertiary alicyclic amines) is 1. The molecule has 0 spiro atoms. The molecule has 1 atom stereocenters. The van der Waals surface area contributed by atoms with Gasteiger partial charge in [-0.3, -0.25) is 14.5 Å². The van der Waals surface area contributed by atoms with Crippen LogP contribution in [-0.4, -0.2) is 77.6 Å². The summed E-state index contributed by atoms with van der Waals surface area (Å²) in [6.07, 6.45) is 2.17. The maximum absolute atomic E-state index is 13.1. The highest BCUT2D eigenvalue weighted by Crippen LogP contribution is 2.25. The zero-order chi connectivity index (χ0) is 20.8. The van der Waals surface area contributed by atoms with Crippen molar-refractivity contribution in [3.05, 3.63) is 29.8 Å². The molecule has 0 radical (unpaired) electrons. The molecular formula is C22H30N4O2S. The molecule has 2 saturated heterocycles. The first kappa shape index (κ1) is 21.7. The van der Waals surface area contributed by atoms with Gasteiger partial charge in [-0.1, -0.05) is 26.0 Å². The van der Waals surface area contributed by atoms with Crippen LogP contribution in [0.1, 0.15) is 37.0 Å². The molecule has 2 aliphatic heterocycles. The highest BCUT2D eigenvalue weighted by Gasteiger charge is 2.29. The lowest BCUT2D eigenvalue weighted by molar-refractivity contribution is -0.127. The van der Waals surface area contributed by atoms with Crippen LogP contribution in [0.5, 0.6) is 0 Å². The zero-order valence-electron chi connectivity index (χ0n) is 17.3. The number of thioether (sulfide) groups is 1. The Morgan fingerprint density at radius 1 is 1.03 bits per heavy atom. The fourth-order valence-electron chi connectivity index (χ4n) is 3.99. The Balaban J connectivity index is 1.60. The number of benzene rings is 1. The molecule has 2 aliphatic rings. The largest absolute Gasteiger partial charge is 0.342 e. The molecule has 156 valence electrons. The van der Waals surface area contributed by atoms with Crippen molar-refractivity contribution in [2.75, 3.05) is 45.0 Å². The Hall–Kier alpha value is -2.04. The number of piperazine rings is 1. The number of amides is 2. The standard InChI is InChI=1S/C22H30N4O2S/c1-17(2)19(15-23)24-11-13-26(14-12-24)22(28)18-7-3-4-8-20(18)29-16-21(27)25-9-5-6-10-25/h3-4,7-8,17,19H,5-6,9-14,16H2,1-2H3. The van der Waals surface area contributed by atoms with Crippen molar-refractivity contribution < 1.29 is 9.59 Å². The molecule has 0 aliphatic carbocycles. The maximum atomic E-state index is 13.1. The van der Waals surface area contributed by atoms with Crippen LogP contribution in [-0.2, 0) is 4.79 Å². The Kier molecular flexibility index (Phi) is 7.57. The SMILES string of the molecule is CC(C)C(C#N)N1CCN(C(=O)c2ccccc2SCC(=O)N2CCCC2)CC1. The Morgan fingerprint density at radius 3 is 2.31 bits per heavy atom. The molecule has 29 heavy (non-hydrogen) atoms. The van der Waals surface area contributed by atoms with Gasteiger partial charge in [-0.2, -0.15) is 5.26 Å². The predicted octanol–water partition coefficient (Wildman–Crippen LogP) is 2.71. The van der Waals surface area contributed by atoms with Gasteiger partial charge < -0.3 is 9.80 Å². The minimum Gasteiger partial charge on any atom is -0.342 e. The van der Waals surface area contributed by atoms with Crippen LogP contribution in [0.25, 0.3) is 0 Å². The number of carbonyl (C=O) groups excluding carboxylic acids is 2. The number of nitrogens with zero attached hydrogens (tertiary/aromatic N) is 4. The first-order valence-electron chi connectivity index (χ1n) is 10.4. The predicted molar refractivity (Wildman–Crippen MR) is 115 cm³/mol. The van der Waals surface area contributed by atoms with E-state index in [4.69, 9.17) is 0 Å². The summed E-state index contributed by atoms with van der Waals surface area (Å²) in [6.45, 7) is 8.49. The summed E-state index contributed by atoms with van der Waals surface area (Å²) in [5, 5.41) is 9.41. The number of carbonyl (C=O) groups is 2. The van der Waals surface area contributed by atoms with E-state index >= 15 is 0 Å². The van der Waals surface area contributed by atoms with Gasteiger partial charge in [0, 0.05) is 44.2 Å². The average molecular weight is 415 g/mol. The van der Waals surface area contributed by atoms with E-state index in [1.165, 1.54) is 11.8 Å². The molecule has 0 saturated carbocycles. The van der Waals surface area contributed by atoms with E-state index in [2.05, 4.69) is 24.8 Å². The maximum Gasteiger partial charge on any atom is 0.255 e. The molecule has 1 unspecified atom stereocenters. The second-order valence-electron chi connectivity index (χ2n) is 8.02. The third-order valence-corrected chi connectivity index (χ3v) is 6.74. The summed E-state index contributed by atoms with van der Waals surface area (Å²) < 4.78 is 0. The molecule has 0 aromatic heterocycles. The van der Waals surface area contributed by atoms with E-state index in [1.54, 1.807) is 0 Å². The van der Waals surface area contributed by atoms with Crippen LogP contribution in [0.3, 0.4) is 0 Å². The van der Waals surface area contributed by atoms with E-state index in [-0.39, 0.29) is 23.8 Å². The van der Waals surface area contributed by atoms with E-state index < -0.39 is 0 Å². The molecule has 6 nitrogen and oxygen atoms in total. The molecule has 2 heterocycles. The number of hydrogen-bond acceptors (Lipinski definition) is 5. The summed E-state index contributed by atoms with van der Waals surface area (Å²) in [5.41, 5.74) is 0.667. The van der Waals surface area contributed by atoms with Crippen LogP contribution >= 0.6 is 11.8 Å². The van der Waals surface area contributed by atoms with Crippen molar-refractivity contribution in [2.24, 2.45) is 5.92 Å². The lowest BCUT2D eigenvalue weighted by Gasteiger charge is -2.38. The van der Waals surface area contributed by atoms with Crippen molar-refractivity contribution in [3.8, 4) is 6.07 Å². The lowest BCUT2D eigenvalue weighted by Crippen LogP contribution is -2.52. The minimum absolute atomic E-state index is 0.0134. The molecule has 0 N–H and O–H groups in total. The van der Waals surface area contributed by atoms with Crippen molar-refractivity contribution in [3.63, 3.8) is 0 Å². The van der Waals surface area contributed by atoms with Gasteiger partial charge in [0.15, 0.2) is 0 Å². The number of hydrogen-bond donors (Lipinski definition) is 0. The Morgan fingerprint density at radius 2 is 1.69 bits per heavy atom. The van der Waals surface area contributed by atoms with Crippen molar-refractivity contribution in [1.29, 1.82) is 5.26 Å². The van der Waals surface area contributed by atoms with E-state index in [9.17, 15) is 14.9 Å². The van der Waals surface area contributed by atoms with Crippen LogP contribution in [0.15, 0.2) is 29.2 Å². The molecule has 1 aromatic rings. The summed E-state index contributed by atoms with van der Waals surface area (Å²) in [4.78, 5) is 32.3. The molecule has 7 heteroatoms. The van der Waals surface area contributed by atoms with Gasteiger partial charge in [0.2, 0.25) is 5.91 Å². The molecule has 3 rings (SSSR count). The second kappa shape index (κ2) is 10.1. The zero-order valence-corrected chi connectivity index (χ0v) is 18.2. The van der Waals surface area contributed by atoms with Crippen molar-refractivity contribution in [2.45, 2.75) is 37.6 Å². The normalized spacial score (nSPS) is 18.7. The summed E-state index contributed by atoms with van der Waals surface area (Å²) in [5.74, 6) is 0.808. The van der Waals surface area contributed by atoms with Gasteiger partial charge >= 0.3 is 0 Å². The monoisotopic (exact) mass is 414 g/mol. The highest BCUT2D eigenvalue weighted by molar-refractivity contribution is 8.00. The first-order chi connectivity index (χ1) is 14.0. The first-order valence-corrected chi connectivity index (χ1v) is 11.4. The van der Waals surface area contributed by atoms with Gasteiger partial charge in [0.1, 0.15) is 6.04 Å². The second-order valence-corrected chi connectivity index (χ2v) is 9.04. The molecule has 0 bridgehead atoms. The van der Waals surface area contributed by atoms with Crippen LogP contribution in [0.4, 0.5) is 0 Å². The van der Waals surface area contributed by atoms with Gasteiger partial charge in [-0.05, 0) is 30.9 Å². The number of nitriles is 1. The molecular weight excluding hydrogens is 384 g/mol. The van der Waals surface area contributed by atoms with Gasteiger partial charge in [-0.25, -0.2) is 0 Å². The van der Waals surface area contributed by atoms with E-state index in [0.717, 1.165) is 30.8 Å². The fourth-order valence-corrected chi connectivity index (χ4v) is 4.94. The van der Waals surface area contributed by atoms with E-state index in [1.807, 2.05) is 34.1 Å². The average Bonchev–Trinajstić information content (AvgIpc) is 3.27. The minimum atomic E-state index is -0.105. The van der Waals surface area contributed by atoms with Gasteiger partial charge in [0.05, 0.1) is 17.4 Å². The van der Waals surface area contributed by atoms with Gasteiger partial charge in [0.25, 0.3) is 5.91 Å². The lowest BCUT2D eigenvalue weighted by atomic mass is 10.0. The van der Waals surface area contributed by atoms with Crippen LogP contribution in [0.2, 0.25) is 0 Å². The molecule has 1 aromatic carbocycles. The fraction of sp³-hybridized carbons (Fsp3) is 0.591. The Labute approximate surface area is 177 Å². The number of rotatable bonds is 6. The smallest absolute Gasteiger partial charge is 0.255 e. The van der Waals surface area contributed by atoms with Crippen LogP contribution in [0, 0.1) is 17.2 Å². The quantitative estimate of drug-likeness (QED) is 0.670. The van der Waals surface area contributed by atoms with Crippen LogP contribution < -0.4 is 0 Å². The van der Waals surface area contributed by atoms with Crippen molar-refractivity contribution in [1.82, 2.24) is 14.7 Å². The summed E-state index contributed by atoms with van der Waals surface area (Å²) in [6, 6.07) is 9.85.